The number of piperidine rings is 1. The molecule has 2 rings (SSSR count). The summed E-state index contributed by atoms with van der Waals surface area (Å²) in [5, 5.41) is 9.91. The summed E-state index contributed by atoms with van der Waals surface area (Å²) < 4.78 is 2.91. The molecule has 0 spiro atoms. The number of likely N-dealkylation sites (tertiary alicyclic amines) is 1. The van der Waals surface area contributed by atoms with E-state index in [9.17, 15) is 9.90 Å². The van der Waals surface area contributed by atoms with Gasteiger partial charge in [-0.05, 0) is 40.8 Å². The molecule has 1 fully saturated rings. The van der Waals surface area contributed by atoms with Crippen molar-refractivity contribution in [2.45, 2.75) is 39.3 Å². The van der Waals surface area contributed by atoms with Crippen molar-refractivity contribution in [3.8, 4) is 0 Å². The first-order valence-corrected chi connectivity index (χ1v) is 7.65. The standard InChI is InChI=1S/C14H21BrN2O2/c1-3-5-16-8-11(15)7-12(16)14(19)17-6-4-10(2)13(18)9-17/h7-8,10,13,18H,3-6,9H2,1-2H3. The number of amides is 1. The Morgan fingerprint density at radius 2 is 2.32 bits per heavy atom. The van der Waals surface area contributed by atoms with Crippen molar-refractivity contribution in [2.75, 3.05) is 13.1 Å². The Morgan fingerprint density at radius 3 is 2.95 bits per heavy atom. The van der Waals surface area contributed by atoms with E-state index in [1.54, 1.807) is 4.90 Å². The van der Waals surface area contributed by atoms with Gasteiger partial charge in [0.1, 0.15) is 5.69 Å². The molecule has 5 heteroatoms. The minimum atomic E-state index is -0.407. The van der Waals surface area contributed by atoms with E-state index in [1.807, 2.05) is 23.8 Å². The van der Waals surface area contributed by atoms with Crippen LogP contribution < -0.4 is 0 Å². The van der Waals surface area contributed by atoms with Crippen molar-refractivity contribution in [2.24, 2.45) is 5.92 Å². The zero-order chi connectivity index (χ0) is 14.0. The number of hydrogen-bond acceptors (Lipinski definition) is 2. The number of carbonyl (C=O) groups is 1. The van der Waals surface area contributed by atoms with Crippen molar-refractivity contribution < 1.29 is 9.90 Å². The summed E-state index contributed by atoms with van der Waals surface area (Å²) in [5.41, 5.74) is 0.704. The van der Waals surface area contributed by atoms with Gasteiger partial charge in [0.05, 0.1) is 6.10 Å². The summed E-state index contributed by atoms with van der Waals surface area (Å²) in [5.74, 6) is 0.295. The molecule has 1 aromatic heterocycles. The second-order valence-electron chi connectivity index (χ2n) is 5.32. The molecule has 0 radical (unpaired) electrons. The quantitative estimate of drug-likeness (QED) is 0.926. The fraction of sp³-hybridized carbons (Fsp3) is 0.643. The first-order chi connectivity index (χ1) is 9.02. The SMILES string of the molecule is CCCn1cc(Br)cc1C(=O)N1CCC(C)C(O)C1. The fourth-order valence-electron chi connectivity index (χ4n) is 2.48. The second-order valence-corrected chi connectivity index (χ2v) is 6.24. The minimum Gasteiger partial charge on any atom is -0.391 e. The van der Waals surface area contributed by atoms with Gasteiger partial charge in [-0.1, -0.05) is 13.8 Å². The van der Waals surface area contributed by atoms with E-state index in [4.69, 9.17) is 0 Å². The van der Waals surface area contributed by atoms with Crippen LogP contribution in [-0.4, -0.2) is 39.7 Å². The number of nitrogens with zero attached hydrogens (tertiary/aromatic N) is 2. The number of aliphatic hydroxyl groups excluding tert-OH is 1. The van der Waals surface area contributed by atoms with Crippen LogP contribution in [0.3, 0.4) is 0 Å². The van der Waals surface area contributed by atoms with Crippen molar-refractivity contribution in [1.82, 2.24) is 9.47 Å². The predicted molar refractivity (Wildman–Crippen MR) is 78.1 cm³/mol. The van der Waals surface area contributed by atoms with E-state index in [1.165, 1.54) is 0 Å². The Hall–Kier alpha value is -0.810. The third kappa shape index (κ3) is 3.20. The molecule has 1 aliphatic rings. The van der Waals surface area contributed by atoms with E-state index in [0.717, 1.165) is 30.4 Å². The lowest BCUT2D eigenvalue weighted by molar-refractivity contribution is 0.0242. The third-order valence-corrected chi connectivity index (χ3v) is 4.19. The van der Waals surface area contributed by atoms with E-state index < -0.39 is 6.10 Å². The normalized spacial score (nSPS) is 23.7. The maximum Gasteiger partial charge on any atom is 0.270 e. The number of aliphatic hydroxyl groups is 1. The largest absolute Gasteiger partial charge is 0.391 e. The van der Waals surface area contributed by atoms with Gasteiger partial charge in [-0.3, -0.25) is 4.79 Å². The molecule has 1 saturated heterocycles. The molecule has 0 bridgehead atoms. The summed E-state index contributed by atoms with van der Waals surface area (Å²) in [7, 11) is 0. The molecule has 19 heavy (non-hydrogen) atoms. The molecule has 0 saturated carbocycles. The fourth-order valence-corrected chi connectivity index (χ4v) is 2.94. The van der Waals surface area contributed by atoms with Crippen molar-refractivity contribution in [3.63, 3.8) is 0 Å². The van der Waals surface area contributed by atoms with Crippen LogP contribution in [0.4, 0.5) is 0 Å². The Morgan fingerprint density at radius 1 is 1.58 bits per heavy atom. The van der Waals surface area contributed by atoms with Gasteiger partial charge in [0.2, 0.25) is 0 Å². The van der Waals surface area contributed by atoms with Gasteiger partial charge >= 0.3 is 0 Å². The second kappa shape index (κ2) is 6.09. The Labute approximate surface area is 122 Å². The molecule has 106 valence electrons. The lowest BCUT2D eigenvalue weighted by Gasteiger charge is -2.34. The summed E-state index contributed by atoms with van der Waals surface area (Å²) in [6.45, 7) is 6.12. The van der Waals surface area contributed by atoms with E-state index in [-0.39, 0.29) is 11.8 Å². The monoisotopic (exact) mass is 328 g/mol. The van der Waals surface area contributed by atoms with Gasteiger partial charge in [-0.25, -0.2) is 0 Å². The highest BCUT2D eigenvalue weighted by atomic mass is 79.9. The van der Waals surface area contributed by atoms with Crippen LogP contribution in [0.5, 0.6) is 0 Å². The first kappa shape index (κ1) is 14.6. The van der Waals surface area contributed by atoms with Gasteiger partial charge in [-0.15, -0.1) is 0 Å². The Balaban J connectivity index is 2.15. The number of aryl methyl sites for hydroxylation is 1. The van der Waals surface area contributed by atoms with Gasteiger partial charge in [0.15, 0.2) is 0 Å². The molecule has 2 unspecified atom stereocenters. The van der Waals surface area contributed by atoms with Crippen LogP contribution in [0.25, 0.3) is 0 Å². The zero-order valence-electron chi connectivity index (χ0n) is 11.5. The highest BCUT2D eigenvalue weighted by Crippen LogP contribution is 2.21. The van der Waals surface area contributed by atoms with Gasteiger partial charge in [0, 0.05) is 30.3 Å². The number of β-amino-alcohol motifs (C(OH)–C–C–N with tert-alkyl or cyclic N) is 1. The maximum absolute atomic E-state index is 12.5. The Bertz CT molecular complexity index is 458. The molecule has 0 aromatic carbocycles. The summed E-state index contributed by atoms with van der Waals surface area (Å²) >= 11 is 3.43. The molecule has 4 nitrogen and oxygen atoms in total. The third-order valence-electron chi connectivity index (χ3n) is 3.75. The van der Waals surface area contributed by atoms with Crippen LogP contribution in [0.15, 0.2) is 16.7 Å². The van der Waals surface area contributed by atoms with Crippen LogP contribution in [0.1, 0.15) is 37.2 Å². The van der Waals surface area contributed by atoms with Crippen molar-refractivity contribution >= 4 is 21.8 Å². The number of carbonyl (C=O) groups excluding carboxylic acids is 1. The van der Waals surface area contributed by atoms with Crippen molar-refractivity contribution in [1.29, 1.82) is 0 Å². The summed E-state index contributed by atoms with van der Waals surface area (Å²) in [4.78, 5) is 14.3. The van der Waals surface area contributed by atoms with E-state index >= 15 is 0 Å². The molecule has 0 aliphatic carbocycles. The predicted octanol–water partition coefficient (Wildman–Crippen LogP) is 2.50. The lowest BCUT2D eigenvalue weighted by atomic mass is 9.96. The molecule has 1 amide bonds. The molecule has 1 aromatic rings. The number of hydrogen-bond donors (Lipinski definition) is 1. The van der Waals surface area contributed by atoms with Crippen LogP contribution in [0, 0.1) is 5.92 Å². The first-order valence-electron chi connectivity index (χ1n) is 6.86. The average molecular weight is 329 g/mol. The van der Waals surface area contributed by atoms with Crippen LogP contribution >= 0.6 is 15.9 Å². The van der Waals surface area contributed by atoms with Crippen molar-refractivity contribution in [3.05, 3.63) is 22.4 Å². The lowest BCUT2D eigenvalue weighted by Crippen LogP contribution is -2.46. The molecule has 2 atom stereocenters. The highest BCUT2D eigenvalue weighted by Gasteiger charge is 2.29. The zero-order valence-corrected chi connectivity index (χ0v) is 13.1. The summed E-state index contributed by atoms with van der Waals surface area (Å²) in [6.07, 6.45) is 3.39. The molecule has 1 aliphatic heterocycles. The van der Waals surface area contributed by atoms with Crippen LogP contribution in [-0.2, 0) is 6.54 Å². The number of rotatable bonds is 3. The molecule has 2 heterocycles. The van der Waals surface area contributed by atoms with E-state index in [2.05, 4.69) is 22.9 Å². The van der Waals surface area contributed by atoms with E-state index in [0.29, 0.717) is 12.2 Å². The molecule has 1 N–H and O–H groups in total. The smallest absolute Gasteiger partial charge is 0.270 e. The Kier molecular flexibility index (Phi) is 4.68. The maximum atomic E-state index is 12.5. The minimum absolute atomic E-state index is 0.0186. The van der Waals surface area contributed by atoms with Gasteiger partial charge < -0.3 is 14.6 Å². The molecular formula is C14H21BrN2O2. The van der Waals surface area contributed by atoms with Crippen LogP contribution in [0.2, 0.25) is 0 Å². The molecular weight excluding hydrogens is 308 g/mol. The van der Waals surface area contributed by atoms with Gasteiger partial charge in [0.25, 0.3) is 5.91 Å². The topological polar surface area (TPSA) is 45.5 Å². The average Bonchev–Trinajstić information content (AvgIpc) is 2.73. The van der Waals surface area contributed by atoms with Gasteiger partial charge in [-0.2, -0.15) is 0 Å². The summed E-state index contributed by atoms with van der Waals surface area (Å²) in [6, 6.07) is 1.86. The number of aromatic nitrogens is 1. The highest BCUT2D eigenvalue weighted by molar-refractivity contribution is 9.10. The number of halogens is 1.